The predicted octanol–water partition coefficient (Wildman–Crippen LogP) is 5.17. The maximum atomic E-state index is 10.3. The van der Waals surface area contributed by atoms with Gasteiger partial charge < -0.3 is 5.11 Å². The molecule has 0 saturated heterocycles. The van der Waals surface area contributed by atoms with Crippen molar-refractivity contribution in [3.8, 4) is 0 Å². The molecular weight excluding hydrogens is 260 g/mol. The van der Waals surface area contributed by atoms with Crippen molar-refractivity contribution in [1.82, 2.24) is 0 Å². The normalized spacial score (nSPS) is 11.0. The van der Waals surface area contributed by atoms with Crippen molar-refractivity contribution in [2.45, 2.75) is 44.9 Å². The molecular formula is C16H21ClO2. The minimum atomic E-state index is -0.689. The highest BCUT2D eigenvalue weighted by atomic mass is 35.5. The van der Waals surface area contributed by atoms with Gasteiger partial charge in [0.1, 0.15) is 0 Å². The molecule has 0 unspecified atom stereocenters. The van der Waals surface area contributed by atoms with E-state index >= 15 is 0 Å². The number of aliphatic carboxylic acids is 1. The highest BCUT2D eigenvalue weighted by molar-refractivity contribution is 6.30. The molecule has 1 aromatic carbocycles. The maximum absolute atomic E-state index is 10.3. The summed E-state index contributed by atoms with van der Waals surface area (Å²) in [6.07, 6.45) is 11.0. The lowest BCUT2D eigenvalue weighted by molar-refractivity contribution is -0.137. The van der Waals surface area contributed by atoms with E-state index in [4.69, 9.17) is 16.7 Å². The number of unbranched alkanes of at least 4 members (excludes halogenated alkanes) is 5. The Morgan fingerprint density at radius 3 is 2.37 bits per heavy atom. The second-order valence-corrected chi connectivity index (χ2v) is 5.09. The molecule has 0 bridgehead atoms. The molecule has 0 spiro atoms. The molecule has 1 N–H and O–H groups in total. The van der Waals surface area contributed by atoms with Crippen molar-refractivity contribution >= 4 is 23.6 Å². The molecule has 104 valence electrons. The molecule has 0 fully saturated rings. The Balaban J connectivity index is 2.01. The Labute approximate surface area is 120 Å². The summed E-state index contributed by atoms with van der Waals surface area (Å²) >= 11 is 5.81. The molecule has 0 amide bonds. The maximum Gasteiger partial charge on any atom is 0.303 e. The minimum absolute atomic E-state index is 0.302. The third kappa shape index (κ3) is 8.44. The van der Waals surface area contributed by atoms with Crippen LogP contribution in [-0.2, 0) is 4.79 Å². The summed E-state index contributed by atoms with van der Waals surface area (Å²) in [6, 6.07) is 7.79. The van der Waals surface area contributed by atoms with E-state index in [2.05, 4.69) is 12.2 Å². The molecule has 0 aromatic heterocycles. The van der Waals surface area contributed by atoms with Gasteiger partial charge in [-0.15, -0.1) is 0 Å². The summed E-state index contributed by atoms with van der Waals surface area (Å²) in [5.74, 6) is -0.689. The van der Waals surface area contributed by atoms with E-state index in [0.717, 1.165) is 37.1 Å². The molecule has 1 aromatic rings. The lowest BCUT2D eigenvalue weighted by atomic mass is 10.1. The summed E-state index contributed by atoms with van der Waals surface area (Å²) in [6.45, 7) is 0. The van der Waals surface area contributed by atoms with Crippen LogP contribution in [0.2, 0.25) is 5.02 Å². The van der Waals surface area contributed by atoms with Crippen molar-refractivity contribution < 1.29 is 9.90 Å². The van der Waals surface area contributed by atoms with Crippen molar-refractivity contribution in [2.24, 2.45) is 0 Å². The van der Waals surface area contributed by atoms with E-state index in [1.54, 1.807) is 0 Å². The quantitative estimate of drug-likeness (QED) is 0.634. The summed E-state index contributed by atoms with van der Waals surface area (Å²) in [4.78, 5) is 10.3. The Kier molecular flexibility index (Phi) is 7.99. The number of benzene rings is 1. The van der Waals surface area contributed by atoms with Crippen molar-refractivity contribution in [3.05, 3.63) is 40.9 Å². The van der Waals surface area contributed by atoms with Gasteiger partial charge in [0.05, 0.1) is 0 Å². The van der Waals surface area contributed by atoms with Crippen LogP contribution in [-0.4, -0.2) is 11.1 Å². The second kappa shape index (κ2) is 9.62. The Morgan fingerprint density at radius 1 is 1.05 bits per heavy atom. The third-order valence-electron chi connectivity index (χ3n) is 2.94. The van der Waals surface area contributed by atoms with Crippen molar-refractivity contribution in [1.29, 1.82) is 0 Å². The first-order valence-corrected chi connectivity index (χ1v) is 7.20. The highest BCUT2D eigenvalue weighted by Crippen LogP contribution is 2.12. The lowest BCUT2D eigenvalue weighted by Gasteiger charge is -1.98. The molecule has 0 atom stereocenters. The zero-order valence-electron chi connectivity index (χ0n) is 11.1. The van der Waals surface area contributed by atoms with E-state index in [-0.39, 0.29) is 0 Å². The smallest absolute Gasteiger partial charge is 0.303 e. The fourth-order valence-corrected chi connectivity index (χ4v) is 1.99. The predicted molar refractivity (Wildman–Crippen MR) is 80.4 cm³/mol. The largest absolute Gasteiger partial charge is 0.481 e. The van der Waals surface area contributed by atoms with Gasteiger partial charge in [0, 0.05) is 11.4 Å². The van der Waals surface area contributed by atoms with Gasteiger partial charge in [0.25, 0.3) is 0 Å². The van der Waals surface area contributed by atoms with Crippen LogP contribution in [0.25, 0.3) is 6.08 Å². The number of allylic oxidation sites excluding steroid dienone is 1. The first-order valence-electron chi connectivity index (χ1n) is 6.82. The number of carboxylic acids is 1. The van der Waals surface area contributed by atoms with Gasteiger partial charge in [-0.1, -0.05) is 55.1 Å². The molecule has 1 rings (SSSR count). The monoisotopic (exact) mass is 280 g/mol. The van der Waals surface area contributed by atoms with Crippen LogP contribution in [0.3, 0.4) is 0 Å². The van der Waals surface area contributed by atoms with E-state index in [1.165, 1.54) is 12.0 Å². The molecule has 2 nitrogen and oxygen atoms in total. The topological polar surface area (TPSA) is 37.3 Å². The van der Waals surface area contributed by atoms with Crippen LogP contribution in [0.15, 0.2) is 30.3 Å². The van der Waals surface area contributed by atoms with Crippen molar-refractivity contribution in [3.63, 3.8) is 0 Å². The third-order valence-corrected chi connectivity index (χ3v) is 3.19. The molecule has 19 heavy (non-hydrogen) atoms. The molecule has 0 aliphatic heterocycles. The SMILES string of the molecule is O=C(O)CCCCCCCC=Cc1ccc(Cl)cc1. The van der Waals surface area contributed by atoms with Crippen LogP contribution >= 0.6 is 11.6 Å². The van der Waals surface area contributed by atoms with Gasteiger partial charge in [-0.05, 0) is 37.0 Å². The number of rotatable bonds is 9. The van der Waals surface area contributed by atoms with Crippen LogP contribution in [0.4, 0.5) is 0 Å². The van der Waals surface area contributed by atoms with Crippen molar-refractivity contribution in [2.75, 3.05) is 0 Å². The number of carbonyl (C=O) groups is 1. The zero-order chi connectivity index (χ0) is 13.9. The van der Waals surface area contributed by atoms with Gasteiger partial charge in [-0.3, -0.25) is 4.79 Å². The summed E-state index contributed by atoms with van der Waals surface area (Å²) in [7, 11) is 0. The first kappa shape index (κ1) is 15.8. The fraction of sp³-hybridized carbons (Fsp3) is 0.438. The average molecular weight is 281 g/mol. The molecule has 0 saturated carbocycles. The standard InChI is InChI=1S/C16H21ClO2/c17-15-12-10-14(11-13-15)8-6-4-2-1-3-5-7-9-16(18)19/h6,8,10-13H,1-5,7,9H2,(H,18,19). The Hall–Kier alpha value is -1.28. The summed E-state index contributed by atoms with van der Waals surface area (Å²) < 4.78 is 0. The first-order chi connectivity index (χ1) is 9.18. The molecule has 0 aliphatic rings. The second-order valence-electron chi connectivity index (χ2n) is 4.65. The van der Waals surface area contributed by atoms with Gasteiger partial charge in [0.2, 0.25) is 0 Å². The van der Waals surface area contributed by atoms with Gasteiger partial charge >= 0.3 is 5.97 Å². The summed E-state index contributed by atoms with van der Waals surface area (Å²) in [5.41, 5.74) is 1.17. The van der Waals surface area contributed by atoms with Crippen LogP contribution in [0.1, 0.15) is 50.5 Å². The van der Waals surface area contributed by atoms with Crippen LogP contribution < -0.4 is 0 Å². The molecule has 0 heterocycles. The average Bonchev–Trinajstić information content (AvgIpc) is 2.38. The van der Waals surface area contributed by atoms with Gasteiger partial charge in [-0.25, -0.2) is 0 Å². The van der Waals surface area contributed by atoms with Gasteiger partial charge in [-0.2, -0.15) is 0 Å². The van der Waals surface area contributed by atoms with E-state index in [0.29, 0.717) is 6.42 Å². The van der Waals surface area contributed by atoms with Crippen LogP contribution in [0, 0.1) is 0 Å². The highest BCUT2D eigenvalue weighted by Gasteiger charge is 1.95. The zero-order valence-corrected chi connectivity index (χ0v) is 11.9. The van der Waals surface area contributed by atoms with Gasteiger partial charge in [0.15, 0.2) is 0 Å². The number of hydrogen-bond acceptors (Lipinski definition) is 1. The van der Waals surface area contributed by atoms with E-state index < -0.39 is 5.97 Å². The van der Waals surface area contributed by atoms with E-state index in [1.807, 2.05) is 24.3 Å². The molecule has 3 heteroatoms. The number of halogens is 1. The minimum Gasteiger partial charge on any atom is -0.481 e. The van der Waals surface area contributed by atoms with E-state index in [9.17, 15) is 4.79 Å². The number of carboxylic acid groups (broad SMARTS) is 1. The lowest BCUT2D eigenvalue weighted by Crippen LogP contribution is -1.93. The van der Waals surface area contributed by atoms with Crippen LogP contribution in [0.5, 0.6) is 0 Å². The Morgan fingerprint density at radius 2 is 1.68 bits per heavy atom. The molecule has 0 radical (unpaired) electrons. The Bertz CT molecular complexity index is 396. The summed E-state index contributed by atoms with van der Waals surface area (Å²) in [5, 5.41) is 9.26. The fourth-order valence-electron chi connectivity index (χ4n) is 1.86. The number of hydrogen-bond donors (Lipinski definition) is 1. The molecule has 0 aliphatic carbocycles.